The van der Waals surface area contributed by atoms with E-state index in [-0.39, 0.29) is 0 Å². The highest BCUT2D eigenvalue weighted by Gasteiger charge is 2.40. The lowest BCUT2D eigenvalue weighted by atomic mass is 9.86. The van der Waals surface area contributed by atoms with E-state index >= 15 is 0 Å². The second-order valence-corrected chi connectivity index (χ2v) is 5.15. The first-order valence-electron chi connectivity index (χ1n) is 6.01. The zero-order valence-corrected chi connectivity index (χ0v) is 9.88. The molecule has 1 fully saturated rings. The summed E-state index contributed by atoms with van der Waals surface area (Å²) >= 11 is 0. The minimum absolute atomic E-state index is 0.461. The molecule has 0 spiro atoms. The zero-order valence-electron chi connectivity index (χ0n) is 9.88. The second kappa shape index (κ2) is 5.50. The van der Waals surface area contributed by atoms with Crippen molar-refractivity contribution in [1.82, 2.24) is 5.32 Å². The summed E-state index contributed by atoms with van der Waals surface area (Å²) in [5.74, 6) is 0.0684. The molecule has 0 aromatic carbocycles. The van der Waals surface area contributed by atoms with Gasteiger partial charge in [0.2, 0.25) is 0 Å². The Morgan fingerprint density at radius 1 is 1.40 bits per heavy atom. The molecule has 0 aromatic heterocycles. The van der Waals surface area contributed by atoms with E-state index in [4.69, 9.17) is 0 Å². The van der Waals surface area contributed by atoms with E-state index in [2.05, 4.69) is 19.2 Å². The van der Waals surface area contributed by atoms with Gasteiger partial charge < -0.3 is 10.4 Å². The lowest BCUT2D eigenvalue weighted by Gasteiger charge is -2.24. The van der Waals surface area contributed by atoms with Crippen LogP contribution in [0.25, 0.3) is 0 Å². The van der Waals surface area contributed by atoms with Crippen LogP contribution in [-0.4, -0.2) is 24.2 Å². The number of nitrogens with one attached hydrogen (secondary N) is 1. The Balaban J connectivity index is 2.30. The number of carboxylic acid groups (broad SMARTS) is 1. The molecule has 0 heterocycles. The molecule has 0 atom stereocenters. The summed E-state index contributed by atoms with van der Waals surface area (Å²) in [6.45, 7) is 5.95. The van der Waals surface area contributed by atoms with Gasteiger partial charge in [0.1, 0.15) is 0 Å². The van der Waals surface area contributed by atoms with Crippen LogP contribution in [0.1, 0.15) is 46.0 Å². The number of hydrogen-bond donors (Lipinski definition) is 2. The lowest BCUT2D eigenvalue weighted by Crippen LogP contribution is -2.39. The minimum Gasteiger partial charge on any atom is -0.481 e. The molecule has 0 unspecified atom stereocenters. The van der Waals surface area contributed by atoms with Crippen molar-refractivity contribution in [3.63, 3.8) is 0 Å². The van der Waals surface area contributed by atoms with Crippen molar-refractivity contribution in [3.8, 4) is 0 Å². The van der Waals surface area contributed by atoms with Crippen LogP contribution in [0.3, 0.4) is 0 Å². The van der Waals surface area contributed by atoms with Gasteiger partial charge >= 0.3 is 5.97 Å². The van der Waals surface area contributed by atoms with Gasteiger partial charge in [0.25, 0.3) is 0 Å². The third kappa shape index (κ3) is 3.49. The van der Waals surface area contributed by atoms with Gasteiger partial charge in [0, 0.05) is 6.54 Å². The van der Waals surface area contributed by atoms with Gasteiger partial charge in [-0.1, -0.05) is 26.7 Å². The molecule has 0 saturated heterocycles. The van der Waals surface area contributed by atoms with Crippen molar-refractivity contribution in [2.75, 3.05) is 13.1 Å². The first-order valence-corrected chi connectivity index (χ1v) is 6.01. The Kier molecular flexibility index (Phi) is 4.58. The predicted octanol–water partition coefficient (Wildman–Crippen LogP) is 2.27. The average Bonchev–Trinajstić information content (AvgIpc) is 2.62. The van der Waals surface area contributed by atoms with Gasteiger partial charge in [-0.25, -0.2) is 0 Å². The molecule has 3 nitrogen and oxygen atoms in total. The maximum atomic E-state index is 11.2. The first-order chi connectivity index (χ1) is 7.07. The summed E-state index contributed by atoms with van der Waals surface area (Å²) < 4.78 is 0. The summed E-state index contributed by atoms with van der Waals surface area (Å²) in [6.07, 6.45) is 4.94. The fourth-order valence-corrected chi connectivity index (χ4v) is 2.24. The van der Waals surface area contributed by atoms with Gasteiger partial charge in [-0.15, -0.1) is 0 Å². The Bertz CT molecular complexity index is 208. The van der Waals surface area contributed by atoms with Crippen molar-refractivity contribution in [2.45, 2.75) is 46.0 Å². The molecule has 3 heteroatoms. The number of rotatable bonds is 6. The van der Waals surface area contributed by atoms with Crippen LogP contribution in [0, 0.1) is 11.3 Å². The predicted molar refractivity (Wildman–Crippen MR) is 60.9 cm³/mol. The number of carboxylic acids is 1. The molecular formula is C12H23NO2. The van der Waals surface area contributed by atoms with Gasteiger partial charge in [-0.2, -0.15) is 0 Å². The van der Waals surface area contributed by atoms with Crippen LogP contribution in [-0.2, 0) is 4.79 Å². The molecule has 1 aliphatic rings. The highest BCUT2D eigenvalue weighted by atomic mass is 16.4. The fourth-order valence-electron chi connectivity index (χ4n) is 2.24. The standard InChI is InChI=1S/C12H23NO2/c1-10(2)5-8-13-9-12(11(14)15)6-3-4-7-12/h10,13H,3-9H2,1-2H3,(H,14,15). The first kappa shape index (κ1) is 12.5. The third-order valence-electron chi connectivity index (χ3n) is 3.38. The van der Waals surface area contributed by atoms with Crippen molar-refractivity contribution in [1.29, 1.82) is 0 Å². The summed E-state index contributed by atoms with van der Waals surface area (Å²) in [5.41, 5.74) is -0.461. The average molecular weight is 213 g/mol. The zero-order chi connectivity index (χ0) is 11.3. The molecule has 0 aromatic rings. The van der Waals surface area contributed by atoms with Crippen LogP contribution >= 0.6 is 0 Å². The number of aliphatic carboxylic acids is 1. The Morgan fingerprint density at radius 2 is 2.00 bits per heavy atom. The Morgan fingerprint density at radius 3 is 2.47 bits per heavy atom. The smallest absolute Gasteiger partial charge is 0.310 e. The van der Waals surface area contributed by atoms with E-state index in [0.717, 1.165) is 38.6 Å². The van der Waals surface area contributed by atoms with Crippen LogP contribution < -0.4 is 5.32 Å². The van der Waals surface area contributed by atoms with E-state index in [1.807, 2.05) is 0 Å². The van der Waals surface area contributed by atoms with Gasteiger partial charge in [-0.05, 0) is 31.7 Å². The van der Waals surface area contributed by atoms with Crippen molar-refractivity contribution in [2.24, 2.45) is 11.3 Å². The highest BCUT2D eigenvalue weighted by molar-refractivity contribution is 5.75. The van der Waals surface area contributed by atoms with E-state index in [1.165, 1.54) is 0 Å². The summed E-state index contributed by atoms with van der Waals surface area (Å²) in [4.78, 5) is 11.2. The van der Waals surface area contributed by atoms with E-state index in [1.54, 1.807) is 0 Å². The molecule has 0 bridgehead atoms. The van der Waals surface area contributed by atoms with E-state index in [9.17, 15) is 9.90 Å². The highest BCUT2D eigenvalue weighted by Crippen LogP contribution is 2.37. The molecule has 1 rings (SSSR count). The summed E-state index contributed by atoms with van der Waals surface area (Å²) in [5, 5.41) is 12.5. The van der Waals surface area contributed by atoms with Crippen molar-refractivity contribution in [3.05, 3.63) is 0 Å². The Hall–Kier alpha value is -0.570. The molecule has 0 radical (unpaired) electrons. The number of hydrogen-bond acceptors (Lipinski definition) is 2. The van der Waals surface area contributed by atoms with Gasteiger partial charge in [0.05, 0.1) is 5.41 Å². The fraction of sp³-hybridized carbons (Fsp3) is 0.917. The van der Waals surface area contributed by atoms with Gasteiger partial charge in [-0.3, -0.25) is 4.79 Å². The normalized spacial score (nSPS) is 19.7. The second-order valence-electron chi connectivity index (χ2n) is 5.15. The summed E-state index contributed by atoms with van der Waals surface area (Å²) in [7, 11) is 0. The van der Waals surface area contributed by atoms with Crippen molar-refractivity contribution >= 4 is 5.97 Å². The maximum Gasteiger partial charge on any atom is 0.310 e. The Labute approximate surface area is 92.3 Å². The summed E-state index contributed by atoms with van der Waals surface area (Å²) in [6, 6.07) is 0. The van der Waals surface area contributed by atoms with E-state index < -0.39 is 11.4 Å². The lowest BCUT2D eigenvalue weighted by molar-refractivity contribution is -0.148. The molecule has 88 valence electrons. The minimum atomic E-state index is -0.614. The topological polar surface area (TPSA) is 49.3 Å². The molecule has 1 saturated carbocycles. The molecule has 0 aliphatic heterocycles. The number of carbonyl (C=O) groups is 1. The largest absolute Gasteiger partial charge is 0.481 e. The molecule has 2 N–H and O–H groups in total. The third-order valence-corrected chi connectivity index (χ3v) is 3.38. The van der Waals surface area contributed by atoms with E-state index in [0.29, 0.717) is 12.5 Å². The molecular weight excluding hydrogens is 190 g/mol. The van der Waals surface area contributed by atoms with Crippen LogP contribution in [0.4, 0.5) is 0 Å². The van der Waals surface area contributed by atoms with Gasteiger partial charge in [0.15, 0.2) is 0 Å². The maximum absolute atomic E-state index is 11.2. The molecule has 15 heavy (non-hydrogen) atoms. The van der Waals surface area contributed by atoms with Crippen LogP contribution in [0.5, 0.6) is 0 Å². The molecule has 1 aliphatic carbocycles. The SMILES string of the molecule is CC(C)CCNCC1(C(=O)O)CCCC1. The van der Waals surface area contributed by atoms with Crippen molar-refractivity contribution < 1.29 is 9.90 Å². The quantitative estimate of drug-likeness (QED) is 0.665. The monoisotopic (exact) mass is 213 g/mol. The van der Waals surface area contributed by atoms with Crippen LogP contribution in [0.2, 0.25) is 0 Å². The van der Waals surface area contributed by atoms with Crippen LogP contribution in [0.15, 0.2) is 0 Å². The molecule has 0 amide bonds.